The SMILES string of the molecule is CCC(C)OC(=O)[C@H](C)CP(=O)(Oc1ccccc1)OC1C[C@H](n2cnc3c(N)nc(Cl)nc32)O[C@@H]1CO. The van der Waals surface area contributed by atoms with Gasteiger partial charge in [0.15, 0.2) is 11.5 Å². The number of ether oxygens (including phenoxy) is 2. The van der Waals surface area contributed by atoms with Crippen molar-refractivity contribution >= 4 is 42.1 Å². The molecule has 3 heterocycles. The van der Waals surface area contributed by atoms with Gasteiger partial charge in [0.2, 0.25) is 5.28 Å². The first-order chi connectivity index (χ1) is 18.1. The van der Waals surface area contributed by atoms with Crippen LogP contribution in [0.2, 0.25) is 5.28 Å². The maximum atomic E-state index is 14.1. The summed E-state index contributed by atoms with van der Waals surface area (Å²) in [5, 5.41) is 9.98. The van der Waals surface area contributed by atoms with Crippen LogP contribution in [-0.2, 0) is 23.4 Å². The second kappa shape index (κ2) is 12.0. The van der Waals surface area contributed by atoms with E-state index in [1.54, 1.807) is 48.7 Å². The van der Waals surface area contributed by atoms with Crippen molar-refractivity contribution in [3.8, 4) is 5.75 Å². The minimum atomic E-state index is -3.95. The Hall–Kier alpha value is -2.76. The number of hydrogen-bond donors (Lipinski definition) is 2. The van der Waals surface area contributed by atoms with Crippen LogP contribution in [0.3, 0.4) is 0 Å². The van der Waals surface area contributed by atoms with E-state index < -0.39 is 44.5 Å². The number of aromatic nitrogens is 4. The van der Waals surface area contributed by atoms with Gasteiger partial charge in [-0.3, -0.25) is 13.9 Å². The van der Waals surface area contributed by atoms with Gasteiger partial charge in [0.1, 0.15) is 29.7 Å². The summed E-state index contributed by atoms with van der Waals surface area (Å²) in [5.41, 5.74) is 6.59. The van der Waals surface area contributed by atoms with Gasteiger partial charge in [-0.05, 0) is 37.1 Å². The molecule has 6 atom stereocenters. The van der Waals surface area contributed by atoms with Crippen molar-refractivity contribution in [1.29, 1.82) is 0 Å². The number of fused-ring (bicyclic) bond motifs is 1. The number of aliphatic hydroxyl groups excluding tert-OH is 1. The number of nitrogen functional groups attached to an aromatic ring is 1. The predicted octanol–water partition coefficient (Wildman–Crippen LogP) is 3.98. The third kappa shape index (κ3) is 6.44. The van der Waals surface area contributed by atoms with Crippen molar-refractivity contribution in [3.63, 3.8) is 0 Å². The van der Waals surface area contributed by atoms with Gasteiger partial charge in [-0.1, -0.05) is 32.0 Å². The van der Waals surface area contributed by atoms with E-state index >= 15 is 0 Å². The number of imidazole rings is 1. The number of aliphatic hydroxyl groups is 1. The van der Waals surface area contributed by atoms with Crippen LogP contribution in [-0.4, -0.2) is 61.7 Å². The van der Waals surface area contributed by atoms with Crippen molar-refractivity contribution in [1.82, 2.24) is 19.5 Å². The lowest BCUT2D eigenvalue weighted by molar-refractivity contribution is -0.152. The smallest absolute Gasteiger partial charge is 0.380 e. The molecule has 0 spiro atoms. The fraction of sp³-hybridized carbons (Fsp3) is 0.500. The molecule has 1 aliphatic heterocycles. The number of para-hydroxylation sites is 1. The lowest BCUT2D eigenvalue weighted by Crippen LogP contribution is -2.30. The summed E-state index contributed by atoms with van der Waals surface area (Å²) in [4.78, 5) is 25.0. The summed E-state index contributed by atoms with van der Waals surface area (Å²) in [7, 11) is -3.95. The fourth-order valence-electron chi connectivity index (χ4n) is 4.03. The van der Waals surface area contributed by atoms with Crippen LogP contribution in [0.15, 0.2) is 36.7 Å². The largest absolute Gasteiger partial charge is 0.462 e. The molecule has 3 unspecified atom stereocenters. The number of carbonyl (C=O) groups excluding carboxylic acids is 1. The summed E-state index contributed by atoms with van der Waals surface area (Å²) in [6.07, 6.45) is -0.593. The first kappa shape index (κ1) is 28.3. The topological polar surface area (TPSA) is 161 Å². The number of carbonyl (C=O) groups is 1. The molecule has 0 aliphatic carbocycles. The van der Waals surface area contributed by atoms with Gasteiger partial charge in [-0.2, -0.15) is 9.97 Å². The number of halogens is 1. The van der Waals surface area contributed by atoms with Crippen molar-refractivity contribution < 1.29 is 33.0 Å². The third-order valence-corrected chi connectivity index (χ3v) is 8.41. The summed E-state index contributed by atoms with van der Waals surface area (Å²) >= 11 is 5.98. The van der Waals surface area contributed by atoms with E-state index in [9.17, 15) is 14.5 Å². The second-order valence-electron chi connectivity index (χ2n) is 9.15. The molecule has 0 saturated carbocycles. The Bertz CT molecular complexity index is 1310. The minimum Gasteiger partial charge on any atom is -0.462 e. The number of nitrogens with zero attached hydrogens (tertiary/aromatic N) is 4. The van der Waals surface area contributed by atoms with Crippen molar-refractivity contribution in [2.24, 2.45) is 5.92 Å². The summed E-state index contributed by atoms with van der Waals surface area (Å²) in [6.45, 7) is 4.88. The maximum absolute atomic E-state index is 14.1. The van der Waals surface area contributed by atoms with E-state index in [4.69, 9.17) is 35.9 Å². The van der Waals surface area contributed by atoms with E-state index in [1.807, 2.05) is 6.92 Å². The highest BCUT2D eigenvalue weighted by Crippen LogP contribution is 2.53. The van der Waals surface area contributed by atoms with Crippen molar-refractivity contribution in [3.05, 3.63) is 41.9 Å². The third-order valence-electron chi connectivity index (χ3n) is 6.17. The van der Waals surface area contributed by atoms with Gasteiger partial charge in [-0.15, -0.1) is 0 Å². The van der Waals surface area contributed by atoms with Gasteiger partial charge in [-0.25, -0.2) is 9.55 Å². The number of hydrogen-bond acceptors (Lipinski definition) is 11. The Kier molecular flexibility index (Phi) is 8.89. The molecule has 1 saturated heterocycles. The molecule has 3 N–H and O–H groups in total. The van der Waals surface area contributed by atoms with E-state index in [2.05, 4.69) is 15.0 Å². The molecule has 1 aliphatic rings. The molecular weight excluding hydrogens is 537 g/mol. The molecule has 2 aromatic heterocycles. The Morgan fingerprint density at radius 3 is 2.74 bits per heavy atom. The van der Waals surface area contributed by atoms with Crippen LogP contribution >= 0.6 is 19.2 Å². The Morgan fingerprint density at radius 2 is 2.05 bits per heavy atom. The number of nitrogens with two attached hydrogens (primary N) is 1. The van der Waals surface area contributed by atoms with Crippen LogP contribution in [0, 0.1) is 5.92 Å². The molecule has 1 fully saturated rings. The van der Waals surface area contributed by atoms with Gasteiger partial charge >= 0.3 is 13.6 Å². The highest BCUT2D eigenvalue weighted by Gasteiger charge is 2.44. The zero-order chi connectivity index (χ0) is 27.4. The lowest BCUT2D eigenvalue weighted by Gasteiger charge is -2.26. The molecule has 1 aromatic carbocycles. The second-order valence-corrected chi connectivity index (χ2v) is 11.5. The standard InChI is InChI=1S/C24H31ClN5O7P/c1-4-15(3)34-23(32)14(2)12-38(33,36-16-8-6-5-7-9-16)37-17-10-19(35-18(17)11-31)30-13-27-20-21(26)28-24(25)29-22(20)30/h5-9,13-15,17-19,31H,4,10-12H2,1-3H3,(H2,26,28,29)/t14-,15?,17?,18-,19-,38?/m1/s1. The monoisotopic (exact) mass is 567 g/mol. The average molecular weight is 568 g/mol. The normalized spacial score (nSPS) is 22.6. The first-order valence-corrected chi connectivity index (χ1v) is 14.4. The first-order valence-electron chi connectivity index (χ1n) is 12.3. The molecule has 0 bridgehead atoms. The predicted molar refractivity (Wildman–Crippen MR) is 140 cm³/mol. The van der Waals surface area contributed by atoms with Gasteiger partial charge < -0.3 is 24.8 Å². The van der Waals surface area contributed by atoms with Crippen LogP contribution in [0.4, 0.5) is 5.82 Å². The zero-order valence-corrected chi connectivity index (χ0v) is 22.9. The minimum absolute atomic E-state index is 0.0553. The van der Waals surface area contributed by atoms with Crippen molar-refractivity contribution in [2.75, 3.05) is 18.5 Å². The molecule has 12 nitrogen and oxygen atoms in total. The number of benzene rings is 1. The molecular formula is C24H31ClN5O7P. The fourth-order valence-corrected chi connectivity index (χ4v) is 6.30. The van der Waals surface area contributed by atoms with E-state index in [-0.39, 0.29) is 29.8 Å². The molecule has 4 rings (SSSR count). The Balaban J connectivity index is 1.57. The highest BCUT2D eigenvalue weighted by atomic mass is 35.5. The van der Waals surface area contributed by atoms with Crippen molar-refractivity contribution in [2.45, 2.75) is 58.2 Å². The van der Waals surface area contributed by atoms with Gasteiger partial charge in [0.05, 0.1) is 31.1 Å². The number of rotatable bonds is 11. The summed E-state index contributed by atoms with van der Waals surface area (Å²) in [6, 6.07) is 8.53. The Morgan fingerprint density at radius 1 is 1.32 bits per heavy atom. The van der Waals surface area contributed by atoms with E-state index in [0.29, 0.717) is 23.3 Å². The average Bonchev–Trinajstić information content (AvgIpc) is 3.47. The van der Waals surface area contributed by atoms with Crippen LogP contribution in [0.25, 0.3) is 11.2 Å². The molecule has 38 heavy (non-hydrogen) atoms. The van der Waals surface area contributed by atoms with E-state index in [0.717, 1.165) is 0 Å². The number of esters is 1. The zero-order valence-electron chi connectivity index (χ0n) is 21.3. The summed E-state index contributed by atoms with van der Waals surface area (Å²) < 4.78 is 39.0. The van der Waals surface area contributed by atoms with Crippen LogP contribution in [0.5, 0.6) is 5.75 Å². The maximum Gasteiger partial charge on any atom is 0.380 e. The lowest BCUT2D eigenvalue weighted by atomic mass is 10.2. The van der Waals surface area contributed by atoms with Crippen LogP contribution < -0.4 is 10.3 Å². The Labute approximate surface area is 225 Å². The number of anilines is 1. The van der Waals surface area contributed by atoms with Gasteiger partial charge in [0.25, 0.3) is 0 Å². The molecule has 0 amide bonds. The van der Waals surface area contributed by atoms with E-state index in [1.165, 1.54) is 6.33 Å². The molecule has 14 heteroatoms. The van der Waals surface area contributed by atoms with Crippen LogP contribution in [0.1, 0.15) is 39.8 Å². The quantitative estimate of drug-likeness (QED) is 0.196. The molecule has 206 valence electrons. The summed E-state index contributed by atoms with van der Waals surface area (Å²) in [5.74, 6) is -0.846. The van der Waals surface area contributed by atoms with Gasteiger partial charge in [0, 0.05) is 6.42 Å². The molecule has 0 radical (unpaired) electrons. The molecule has 3 aromatic rings. The highest BCUT2D eigenvalue weighted by molar-refractivity contribution is 7.54.